The van der Waals surface area contributed by atoms with Gasteiger partial charge in [0.15, 0.2) is 0 Å². The van der Waals surface area contributed by atoms with Gasteiger partial charge in [-0.3, -0.25) is 0 Å². The van der Waals surface area contributed by atoms with Gasteiger partial charge in [0.1, 0.15) is 6.29 Å². The average Bonchev–Trinajstić information content (AvgIpc) is 2.26. The molecule has 2 atom stereocenters. The van der Waals surface area contributed by atoms with Gasteiger partial charge in [-0.1, -0.05) is 37.3 Å². The fourth-order valence-electron chi connectivity index (χ4n) is 1.31. The summed E-state index contributed by atoms with van der Waals surface area (Å²) in [7, 11) is 0. The largest absolute Gasteiger partial charge is 0.392 e. The Bertz CT molecular complexity index is 269. The molecule has 0 radical (unpaired) electrons. The molecule has 1 aromatic carbocycles. The summed E-state index contributed by atoms with van der Waals surface area (Å²) in [5.41, 5.74) is 1.20. The van der Waals surface area contributed by atoms with Crippen molar-refractivity contribution >= 4 is 6.29 Å². The van der Waals surface area contributed by atoms with Crippen molar-refractivity contribution in [2.75, 3.05) is 0 Å². The van der Waals surface area contributed by atoms with Crippen LogP contribution in [0.3, 0.4) is 0 Å². The Kier molecular flexibility index (Phi) is 4.33. The highest BCUT2D eigenvalue weighted by Gasteiger charge is 2.12. The number of hydrogen-bond acceptors (Lipinski definition) is 2. The Morgan fingerprint density at radius 1 is 1.36 bits per heavy atom. The van der Waals surface area contributed by atoms with Crippen molar-refractivity contribution in [2.45, 2.75) is 25.9 Å². The van der Waals surface area contributed by atoms with Crippen LogP contribution < -0.4 is 0 Å². The number of aryl methyl sites for hydroxylation is 1. The minimum absolute atomic E-state index is 0.265. The van der Waals surface area contributed by atoms with E-state index in [4.69, 9.17) is 0 Å². The molecule has 0 spiro atoms. The highest BCUT2D eigenvalue weighted by molar-refractivity contribution is 5.53. The normalized spacial score (nSPS) is 14.7. The number of rotatable bonds is 5. The standard InChI is InChI=1S/C12H16O2/c1-10(9-13)12(14)8-7-11-5-3-2-4-6-11/h2-6,9-10,12,14H,7-8H2,1H3/t10-,12-/m0/s1. The van der Waals surface area contributed by atoms with E-state index in [2.05, 4.69) is 0 Å². The summed E-state index contributed by atoms with van der Waals surface area (Å²) >= 11 is 0. The molecule has 0 saturated heterocycles. The first-order chi connectivity index (χ1) is 6.74. The number of hydrogen-bond donors (Lipinski definition) is 1. The zero-order chi connectivity index (χ0) is 10.4. The molecule has 0 amide bonds. The van der Waals surface area contributed by atoms with Crippen molar-refractivity contribution in [1.82, 2.24) is 0 Å². The monoisotopic (exact) mass is 192 g/mol. The maximum absolute atomic E-state index is 10.4. The Balaban J connectivity index is 2.37. The lowest BCUT2D eigenvalue weighted by Crippen LogP contribution is -2.19. The van der Waals surface area contributed by atoms with Crippen molar-refractivity contribution in [1.29, 1.82) is 0 Å². The summed E-state index contributed by atoms with van der Waals surface area (Å²) in [6, 6.07) is 9.97. The summed E-state index contributed by atoms with van der Waals surface area (Å²) in [4.78, 5) is 10.4. The molecule has 0 heterocycles. The van der Waals surface area contributed by atoms with Gasteiger partial charge >= 0.3 is 0 Å². The second kappa shape index (κ2) is 5.55. The number of carbonyl (C=O) groups is 1. The molecule has 1 aromatic rings. The third-order valence-electron chi connectivity index (χ3n) is 2.39. The average molecular weight is 192 g/mol. The zero-order valence-corrected chi connectivity index (χ0v) is 8.39. The van der Waals surface area contributed by atoms with E-state index in [1.54, 1.807) is 6.92 Å². The van der Waals surface area contributed by atoms with E-state index in [0.29, 0.717) is 6.42 Å². The second-order valence-electron chi connectivity index (χ2n) is 3.59. The predicted molar refractivity (Wildman–Crippen MR) is 56.0 cm³/mol. The van der Waals surface area contributed by atoms with Crippen molar-refractivity contribution in [3.05, 3.63) is 35.9 Å². The van der Waals surface area contributed by atoms with E-state index in [1.165, 1.54) is 5.56 Å². The highest BCUT2D eigenvalue weighted by Crippen LogP contribution is 2.09. The predicted octanol–water partition coefficient (Wildman–Crippen LogP) is 1.82. The molecule has 0 unspecified atom stereocenters. The van der Waals surface area contributed by atoms with Gasteiger partial charge in [0.05, 0.1) is 6.10 Å². The lowest BCUT2D eigenvalue weighted by molar-refractivity contribution is -0.113. The van der Waals surface area contributed by atoms with Gasteiger partial charge in [-0.15, -0.1) is 0 Å². The van der Waals surface area contributed by atoms with Crippen molar-refractivity contribution in [3.8, 4) is 0 Å². The Morgan fingerprint density at radius 3 is 2.57 bits per heavy atom. The fourth-order valence-corrected chi connectivity index (χ4v) is 1.31. The van der Waals surface area contributed by atoms with Crippen LogP contribution in [0.25, 0.3) is 0 Å². The van der Waals surface area contributed by atoms with Crippen LogP contribution >= 0.6 is 0 Å². The Hall–Kier alpha value is -1.15. The molecule has 0 saturated carbocycles. The maximum atomic E-state index is 10.4. The van der Waals surface area contributed by atoms with Gasteiger partial charge < -0.3 is 9.90 Å². The molecular weight excluding hydrogens is 176 g/mol. The van der Waals surface area contributed by atoms with Crippen LogP contribution in [-0.2, 0) is 11.2 Å². The first kappa shape index (κ1) is 10.9. The van der Waals surface area contributed by atoms with Crippen LogP contribution in [-0.4, -0.2) is 17.5 Å². The third kappa shape index (κ3) is 3.30. The Morgan fingerprint density at radius 2 is 2.00 bits per heavy atom. The molecule has 0 fully saturated rings. The molecule has 0 aliphatic carbocycles. The quantitative estimate of drug-likeness (QED) is 0.722. The maximum Gasteiger partial charge on any atom is 0.125 e. The molecule has 2 heteroatoms. The van der Waals surface area contributed by atoms with Crippen LogP contribution in [0.2, 0.25) is 0 Å². The van der Waals surface area contributed by atoms with E-state index in [1.807, 2.05) is 30.3 Å². The number of carbonyl (C=O) groups excluding carboxylic acids is 1. The van der Waals surface area contributed by atoms with E-state index >= 15 is 0 Å². The number of benzene rings is 1. The minimum Gasteiger partial charge on any atom is -0.392 e. The lowest BCUT2D eigenvalue weighted by atomic mass is 9.99. The van der Waals surface area contributed by atoms with Gasteiger partial charge in [-0.25, -0.2) is 0 Å². The molecule has 14 heavy (non-hydrogen) atoms. The van der Waals surface area contributed by atoms with Gasteiger partial charge in [0.2, 0.25) is 0 Å². The Labute approximate surface area is 84.6 Å². The van der Waals surface area contributed by atoms with Crippen molar-refractivity contribution < 1.29 is 9.90 Å². The summed E-state index contributed by atoms with van der Waals surface area (Å²) in [6.45, 7) is 1.74. The molecular formula is C12H16O2. The number of aldehydes is 1. The smallest absolute Gasteiger partial charge is 0.125 e. The van der Waals surface area contributed by atoms with Gasteiger partial charge in [0.25, 0.3) is 0 Å². The summed E-state index contributed by atoms with van der Waals surface area (Å²) in [5.74, 6) is -0.265. The van der Waals surface area contributed by atoms with E-state index in [0.717, 1.165) is 12.7 Å². The van der Waals surface area contributed by atoms with E-state index < -0.39 is 6.10 Å². The highest BCUT2D eigenvalue weighted by atomic mass is 16.3. The summed E-state index contributed by atoms with van der Waals surface area (Å²) in [5, 5.41) is 9.55. The first-order valence-corrected chi connectivity index (χ1v) is 4.91. The fraction of sp³-hybridized carbons (Fsp3) is 0.417. The van der Waals surface area contributed by atoms with Crippen LogP contribution in [0, 0.1) is 5.92 Å². The van der Waals surface area contributed by atoms with E-state index in [-0.39, 0.29) is 5.92 Å². The molecule has 2 nitrogen and oxygen atoms in total. The molecule has 0 aliphatic heterocycles. The minimum atomic E-state index is -0.521. The number of aliphatic hydroxyl groups is 1. The summed E-state index contributed by atoms with van der Waals surface area (Å²) in [6.07, 6.45) is 1.74. The van der Waals surface area contributed by atoms with Crippen LogP contribution in [0.5, 0.6) is 0 Å². The molecule has 0 aromatic heterocycles. The summed E-state index contributed by atoms with van der Waals surface area (Å²) < 4.78 is 0. The van der Waals surface area contributed by atoms with Gasteiger partial charge in [-0.05, 0) is 18.4 Å². The molecule has 0 bridgehead atoms. The molecule has 76 valence electrons. The van der Waals surface area contributed by atoms with Crippen molar-refractivity contribution in [2.24, 2.45) is 5.92 Å². The van der Waals surface area contributed by atoms with Crippen molar-refractivity contribution in [3.63, 3.8) is 0 Å². The van der Waals surface area contributed by atoms with Crippen LogP contribution in [0.15, 0.2) is 30.3 Å². The van der Waals surface area contributed by atoms with Gasteiger partial charge in [0, 0.05) is 5.92 Å². The van der Waals surface area contributed by atoms with Gasteiger partial charge in [-0.2, -0.15) is 0 Å². The molecule has 1 N–H and O–H groups in total. The van der Waals surface area contributed by atoms with E-state index in [9.17, 15) is 9.90 Å². The molecule has 0 aliphatic rings. The third-order valence-corrected chi connectivity index (χ3v) is 2.39. The van der Waals surface area contributed by atoms with Crippen LogP contribution in [0.1, 0.15) is 18.9 Å². The SMILES string of the molecule is C[C@@H](C=O)[C@@H](O)CCc1ccccc1. The van der Waals surface area contributed by atoms with Crippen LogP contribution in [0.4, 0.5) is 0 Å². The zero-order valence-electron chi connectivity index (χ0n) is 8.39. The topological polar surface area (TPSA) is 37.3 Å². The first-order valence-electron chi connectivity index (χ1n) is 4.91. The second-order valence-corrected chi connectivity index (χ2v) is 3.59. The lowest BCUT2D eigenvalue weighted by Gasteiger charge is -2.12. The number of aliphatic hydroxyl groups excluding tert-OH is 1. The molecule has 1 rings (SSSR count).